The maximum Gasteiger partial charge on any atom is 0.227 e. The smallest absolute Gasteiger partial charge is 0.227 e. The van der Waals surface area contributed by atoms with Crippen LogP contribution in [-0.4, -0.2) is 27.1 Å². The number of hydrogen-bond donors (Lipinski definition) is 1. The van der Waals surface area contributed by atoms with Crippen molar-refractivity contribution in [1.29, 1.82) is 0 Å². The molecule has 0 saturated carbocycles. The van der Waals surface area contributed by atoms with Crippen molar-refractivity contribution in [1.82, 2.24) is 20.4 Å². The number of pyridine rings is 1. The molecule has 2 rings (SSSR count). The first-order chi connectivity index (χ1) is 9.69. The molecule has 106 valence electrons. The van der Waals surface area contributed by atoms with E-state index in [1.165, 1.54) is 0 Å². The van der Waals surface area contributed by atoms with Crippen LogP contribution in [0.3, 0.4) is 0 Å². The van der Waals surface area contributed by atoms with Crippen LogP contribution in [0.25, 0.3) is 11.5 Å². The predicted octanol–water partition coefficient (Wildman–Crippen LogP) is 1.98. The van der Waals surface area contributed by atoms with Crippen molar-refractivity contribution in [3.05, 3.63) is 30.3 Å². The maximum atomic E-state index is 11.6. The van der Waals surface area contributed by atoms with Crippen LogP contribution in [0.1, 0.15) is 32.6 Å². The van der Waals surface area contributed by atoms with Crippen molar-refractivity contribution in [2.45, 2.75) is 39.2 Å². The summed E-state index contributed by atoms with van der Waals surface area (Å²) in [6.07, 6.45) is 3.36. The van der Waals surface area contributed by atoms with E-state index in [-0.39, 0.29) is 11.9 Å². The summed E-state index contributed by atoms with van der Waals surface area (Å²) in [5, 5.41) is 6.76. The lowest BCUT2D eigenvalue weighted by atomic mass is 10.2. The van der Waals surface area contributed by atoms with Gasteiger partial charge < -0.3 is 9.84 Å². The number of hydrogen-bond acceptors (Lipinski definition) is 5. The van der Waals surface area contributed by atoms with E-state index in [4.69, 9.17) is 4.52 Å². The largest absolute Gasteiger partial charge is 0.354 e. The van der Waals surface area contributed by atoms with Crippen molar-refractivity contribution in [2.24, 2.45) is 0 Å². The molecule has 0 aromatic carbocycles. The molecule has 0 spiro atoms. The molecule has 6 nitrogen and oxygen atoms in total. The lowest BCUT2D eigenvalue weighted by molar-refractivity contribution is -0.121. The third kappa shape index (κ3) is 3.88. The Morgan fingerprint density at radius 1 is 1.45 bits per heavy atom. The Labute approximate surface area is 117 Å². The fourth-order valence-corrected chi connectivity index (χ4v) is 1.62. The lowest BCUT2D eigenvalue weighted by Crippen LogP contribution is -2.32. The first-order valence-electron chi connectivity index (χ1n) is 6.72. The van der Waals surface area contributed by atoms with Crippen molar-refractivity contribution in [2.75, 3.05) is 0 Å². The van der Waals surface area contributed by atoms with Crippen LogP contribution in [0.15, 0.2) is 28.9 Å². The van der Waals surface area contributed by atoms with Gasteiger partial charge in [-0.15, -0.1) is 0 Å². The number of aryl methyl sites for hydroxylation is 1. The van der Waals surface area contributed by atoms with E-state index in [0.29, 0.717) is 30.3 Å². The molecule has 1 amide bonds. The molecule has 0 aliphatic heterocycles. The van der Waals surface area contributed by atoms with E-state index in [9.17, 15) is 4.79 Å². The minimum Gasteiger partial charge on any atom is -0.354 e. The SMILES string of the molecule is CCC(C)NC(=O)CCc1nc(-c2ccccn2)no1. The number of nitrogens with zero attached hydrogens (tertiary/aromatic N) is 3. The first kappa shape index (κ1) is 14.2. The van der Waals surface area contributed by atoms with Gasteiger partial charge in [0.05, 0.1) is 0 Å². The number of nitrogens with one attached hydrogen (secondary N) is 1. The molecule has 20 heavy (non-hydrogen) atoms. The van der Waals surface area contributed by atoms with Gasteiger partial charge in [0.25, 0.3) is 0 Å². The summed E-state index contributed by atoms with van der Waals surface area (Å²) in [7, 11) is 0. The molecule has 2 aromatic heterocycles. The van der Waals surface area contributed by atoms with Gasteiger partial charge in [0.15, 0.2) is 0 Å². The van der Waals surface area contributed by atoms with Crippen LogP contribution in [0, 0.1) is 0 Å². The van der Waals surface area contributed by atoms with E-state index in [2.05, 4.69) is 20.4 Å². The van der Waals surface area contributed by atoms with Crippen molar-refractivity contribution in [3.63, 3.8) is 0 Å². The van der Waals surface area contributed by atoms with Crippen molar-refractivity contribution >= 4 is 5.91 Å². The molecule has 2 aromatic rings. The lowest BCUT2D eigenvalue weighted by Gasteiger charge is -2.10. The Morgan fingerprint density at radius 2 is 2.30 bits per heavy atom. The minimum atomic E-state index is -0.00284. The Morgan fingerprint density at radius 3 is 3.00 bits per heavy atom. The Bertz CT molecular complexity index is 553. The number of carbonyl (C=O) groups is 1. The zero-order valence-electron chi connectivity index (χ0n) is 11.7. The highest BCUT2D eigenvalue weighted by Crippen LogP contribution is 2.12. The Balaban J connectivity index is 1.89. The average molecular weight is 274 g/mol. The van der Waals surface area contributed by atoms with E-state index >= 15 is 0 Å². The van der Waals surface area contributed by atoms with Gasteiger partial charge in [-0.3, -0.25) is 9.78 Å². The van der Waals surface area contributed by atoms with E-state index in [0.717, 1.165) is 6.42 Å². The van der Waals surface area contributed by atoms with Crippen LogP contribution < -0.4 is 5.32 Å². The first-order valence-corrected chi connectivity index (χ1v) is 6.72. The summed E-state index contributed by atoms with van der Waals surface area (Å²) in [4.78, 5) is 20.0. The Kier molecular flexibility index (Phi) is 4.81. The molecule has 1 unspecified atom stereocenters. The minimum absolute atomic E-state index is 0.00284. The molecule has 2 heterocycles. The van der Waals surface area contributed by atoms with E-state index in [1.54, 1.807) is 6.20 Å². The van der Waals surface area contributed by atoms with Crippen LogP contribution in [-0.2, 0) is 11.2 Å². The Hall–Kier alpha value is -2.24. The van der Waals surface area contributed by atoms with Crippen LogP contribution >= 0.6 is 0 Å². The van der Waals surface area contributed by atoms with E-state index < -0.39 is 0 Å². The van der Waals surface area contributed by atoms with Crippen molar-refractivity contribution < 1.29 is 9.32 Å². The average Bonchev–Trinajstić information content (AvgIpc) is 2.95. The molecule has 1 atom stereocenters. The number of aromatic nitrogens is 3. The molecule has 0 radical (unpaired) electrons. The maximum absolute atomic E-state index is 11.6. The van der Waals surface area contributed by atoms with Gasteiger partial charge in [0.2, 0.25) is 17.6 Å². The molecule has 0 saturated heterocycles. The zero-order valence-corrected chi connectivity index (χ0v) is 11.7. The predicted molar refractivity (Wildman–Crippen MR) is 73.7 cm³/mol. The highest BCUT2D eigenvalue weighted by Gasteiger charge is 2.12. The van der Waals surface area contributed by atoms with Gasteiger partial charge in [-0.1, -0.05) is 18.1 Å². The van der Waals surface area contributed by atoms with Gasteiger partial charge in [-0.2, -0.15) is 4.98 Å². The van der Waals surface area contributed by atoms with Gasteiger partial charge in [0.1, 0.15) is 5.69 Å². The van der Waals surface area contributed by atoms with Gasteiger partial charge in [0, 0.05) is 25.1 Å². The summed E-state index contributed by atoms with van der Waals surface area (Å²) in [6.45, 7) is 4.01. The molecule has 6 heteroatoms. The summed E-state index contributed by atoms with van der Waals surface area (Å²) in [5.41, 5.74) is 0.659. The summed E-state index contributed by atoms with van der Waals surface area (Å²) >= 11 is 0. The molecule has 0 fully saturated rings. The van der Waals surface area contributed by atoms with Crippen LogP contribution in [0.2, 0.25) is 0 Å². The number of amides is 1. The molecule has 0 aliphatic carbocycles. The summed E-state index contributed by atoms with van der Waals surface area (Å²) < 4.78 is 5.12. The van der Waals surface area contributed by atoms with Gasteiger partial charge in [-0.05, 0) is 25.5 Å². The van der Waals surface area contributed by atoms with Crippen molar-refractivity contribution in [3.8, 4) is 11.5 Å². The monoisotopic (exact) mass is 274 g/mol. The molecule has 0 aliphatic rings. The van der Waals surface area contributed by atoms with E-state index in [1.807, 2.05) is 32.0 Å². The second kappa shape index (κ2) is 6.79. The molecule has 0 bridgehead atoms. The number of carbonyl (C=O) groups excluding carboxylic acids is 1. The fraction of sp³-hybridized carbons (Fsp3) is 0.429. The van der Waals surface area contributed by atoms with Crippen LogP contribution in [0.5, 0.6) is 0 Å². The third-order valence-corrected chi connectivity index (χ3v) is 2.95. The third-order valence-electron chi connectivity index (χ3n) is 2.95. The molecular weight excluding hydrogens is 256 g/mol. The topological polar surface area (TPSA) is 80.9 Å². The number of rotatable bonds is 6. The molecule has 1 N–H and O–H groups in total. The highest BCUT2D eigenvalue weighted by atomic mass is 16.5. The van der Waals surface area contributed by atoms with Crippen LogP contribution in [0.4, 0.5) is 0 Å². The highest BCUT2D eigenvalue weighted by molar-refractivity contribution is 5.76. The molecular formula is C14H18N4O2. The zero-order chi connectivity index (χ0) is 14.4. The fourth-order valence-electron chi connectivity index (χ4n) is 1.62. The summed E-state index contributed by atoms with van der Waals surface area (Å²) in [6, 6.07) is 5.68. The van der Waals surface area contributed by atoms with Gasteiger partial charge in [-0.25, -0.2) is 0 Å². The quantitative estimate of drug-likeness (QED) is 0.871. The second-order valence-electron chi connectivity index (χ2n) is 4.60. The van der Waals surface area contributed by atoms with Gasteiger partial charge >= 0.3 is 0 Å². The normalized spacial score (nSPS) is 12.1. The second-order valence-corrected chi connectivity index (χ2v) is 4.60. The standard InChI is InChI=1S/C14H18N4O2/c1-3-10(2)16-12(19)7-8-13-17-14(18-20-13)11-6-4-5-9-15-11/h4-6,9-10H,3,7-8H2,1-2H3,(H,16,19). The summed E-state index contributed by atoms with van der Waals surface area (Å²) in [5.74, 6) is 0.893.